The molecule has 0 atom stereocenters. The van der Waals surface area contributed by atoms with Crippen LogP contribution in [0.2, 0.25) is 0 Å². The van der Waals surface area contributed by atoms with E-state index in [4.69, 9.17) is 9.47 Å². The first-order valence-electron chi connectivity index (χ1n) is 11.0. The first-order chi connectivity index (χ1) is 14.7. The zero-order valence-corrected chi connectivity index (χ0v) is 18.2. The largest absolute Gasteiger partial charge is 0.493 e. The molecule has 1 aromatic carbocycles. The molecule has 0 bridgehead atoms. The van der Waals surface area contributed by atoms with Crippen LogP contribution in [0.15, 0.2) is 35.9 Å². The Morgan fingerprint density at radius 1 is 0.900 bits per heavy atom. The van der Waals surface area contributed by atoms with Crippen molar-refractivity contribution in [2.24, 2.45) is 0 Å². The Balaban J connectivity index is 1.25. The highest BCUT2D eigenvalue weighted by atomic mass is 16.5. The zero-order chi connectivity index (χ0) is 20.9. The fourth-order valence-electron chi connectivity index (χ4n) is 4.57. The van der Waals surface area contributed by atoms with Gasteiger partial charge in [-0.3, -0.25) is 14.6 Å². The van der Waals surface area contributed by atoms with Gasteiger partial charge < -0.3 is 14.4 Å². The van der Waals surface area contributed by atoms with Gasteiger partial charge in [-0.15, -0.1) is 0 Å². The molecule has 0 unspecified atom stereocenters. The molecule has 3 aliphatic rings. The van der Waals surface area contributed by atoms with Gasteiger partial charge in [0.25, 0.3) is 0 Å². The maximum atomic E-state index is 12.7. The van der Waals surface area contributed by atoms with E-state index in [2.05, 4.69) is 28.0 Å². The Kier molecular flexibility index (Phi) is 6.75. The van der Waals surface area contributed by atoms with Gasteiger partial charge in [-0.2, -0.15) is 0 Å². The number of piperazine rings is 1. The quantitative estimate of drug-likeness (QED) is 0.720. The highest BCUT2D eigenvalue weighted by Crippen LogP contribution is 2.33. The van der Waals surface area contributed by atoms with Gasteiger partial charge in [0.2, 0.25) is 5.91 Å². The van der Waals surface area contributed by atoms with Crippen LogP contribution in [0.1, 0.15) is 24.0 Å². The van der Waals surface area contributed by atoms with Crippen LogP contribution in [-0.4, -0.2) is 80.6 Å². The molecule has 162 valence electrons. The number of hydrogen-bond donors (Lipinski definition) is 0. The van der Waals surface area contributed by atoms with Crippen LogP contribution >= 0.6 is 0 Å². The van der Waals surface area contributed by atoms with Gasteiger partial charge in [-0.05, 0) is 42.5 Å². The summed E-state index contributed by atoms with van der Waals surface area (Å²) in [4.78, 5) is 19.7. The number of ether oxygens (including phenoxy) is 2. The fraction of sp³-hybridized carbons (Fsp3) is 0.542. The number of carbonyl (C=O) groups excluding carboxylic acids is 1. The summed E-state index contributed by atoms with van der Waals surface area (Å²) in [6.45, 7) is 7.72. The van der Waals surface area contributed by atoms with Gasteiger partial charge >= 0.3 is 0 Å². The minimum atomic E-state index is 0.232. The average molecular weight is 412 g/mol. The van der Waals surface area contributed by atoms with E-state index in [0.717, 1.165) is 88.7 Å². The SMILES string of the molecule is COc1cc2c(cc1OC)CN(CCN1CCN(C(=O)C3=CC=CCC3)CC1)CC2. The van der Waals surface area contributed by atoms with Crippen LogP contribution < -0.4 is 9.47 Å². The summed E-state index contributed by atoms with van der Waals surface area (Å²) < 4.78 is 10.9. The molecule has 0 saturated carbocycles. The zero-order valence-electron chi connectivity index (χ0n) is 18.2. The summed E-state index contributed by atoms with van der Waals surface area (Å²) in [6, 6.07) is 4.25. The van der Waals surface area contributed by atoms with Crippen molar-refractivity contribution in [1.82, 2.24) is 14.7 Å². The molecule has 1 amide bonds. The second-order valence-electron chi connectivity index (χ2n) is 8.29. The predicted octanol–water partition coefficient (Wildman–Crippen LogP) is 2.48. The molecule has 2 heterocycles. The van der Waals surface area contributed by atoms with Crippen molar-refractivity contribution in [1.29, 1.82) is 0 Å². The molecule has 1 aromatic rings. The van der Waals surface area contributed by atoms with E-state index < -0.39 is 0 Å². The number of allylic oxidation sites excluding steroid dienone is 3. The number of nitrogens with zero attached hydrogens (tertiary/aromatic N) is 3. The van der Waals surface area contributed by atoms with Gasteiger partial charge in [0.05, 0.1) is 14.2 Å². The van der Waals surface area contributed by atoms with Gasteiger partial charge in [0.1, 0.15) is 0 Å². The Morgan fingerprint density at radius 3 is 2.27 bits per heavy atom. The lowest BCUT2D eigenvalue weighted by molar-refractivity contribution is -0.129. The smallest absolute Gasteiger partial charge is 0.249 e. The molecule has 0 spiro atoms. The molecule has 2 aliphatic heterocycles. The predicted molar refractivity (Wildman–Crippen MR) is 118 cm³/mol. The van der Waals surface area contributed by atoms with Gasteiger partial charge in [-0.25, -0.2) is 0 Å². The Hall–Kier alpha value is -2.31. The number of amides is 1. The molecule has 0 aromatic heterocycles. The van der Waals surface area contributed by atoms with Gasteiger partial charge in [-0.1, -0.05) is 18.2 Å². The molecule has 1 fully saturated rings. The molecule has 6 heteroatoms. The lowest BCUT2D eigenvalue weighted by Gasteiger charge is -2.37. The van der Waals surface area contributed by atoms with E-state index in [1.54, 1.807) is 14.2 Å². The topological polar surface area (TPSA) is 45.3 Å². The second kappa shape index (κ2) is 9.67. The highest BCUT2D eigenvalue weighted by molar-refractivity contribution is 5.94. The van der Waals surface area contributed by atoms with Crippen LogP contribution in [0.4, 0.5) is 0 Å². The van der Waals surface area contributed by atoms with Crippen molar-refractivity contribution in [3.63, 3.8) is 0 Å². The van der Waals surface area contributed by atoms with Crippen molar-refractivity contribution >= 4 is 5.91 Å². The van der Waals surface area contributed by atoms with Crippen LogP contribution in [0.3, 0.4) is 0 Å². The summed E-state index contributed by atoms with van der Waals surface area (Å²) in [5.74, 6) is 1.86. The number of benzene rings is 1. The number of hydrogen-bond acceptors (Lipinski definition) is 5. The molecule has 4 rings (SSSR count). The molecule has 6 nitrogen and oxygen atoms in total. The summed E-state index contributed by atoms with van der Waals surface area (Å²) in [7, 11) is 3.38. The number of fused-ring (bicyclic) bond motifs is 1. The third-order valence-electron chi connectivity index (χ3n) is 6.48. The maximum absolute atomic E-state index is 12.7. The van der Waals surface area contributed by atoms with E-state index in [9.17, 15) is 4.79 Å². The normalized spacial score (nSPS) is 19.9. The van der Waals surface area contributed by atoms with E-state index in [0.29, 0.717) is 0 Å². The van der Waals surface area contributed by atoms with Crippen LogP contribution in [0.5, 0.6) is 11.5 Å². The van der Waals surface area contributed by atoms with E-state index in [1.165, 1.54) is 11.1 Å². The molecule has 30 heavy (non-hydrogen) atoms. The first kappa shape index (κ1) is 20.9. The third-order valence-corrected chi connectivity index (χ3v) is 6.48. The van der Waals surface area contributed by atoms with Crippen molar-refractivity contribution in [3.05, 3.63) is 47.1 Å². The lowest BCUT2D eigenvalue weighted by Crippen LogP contribution is -2.50. The summed E-state index contributed by atoms with van der Waals surface area (Å²) in [5, 5.41) is 0. The second-order valence-corrected chi connectivity index (χ2v) is 8.29. The molecule has 1 saturated heterocycles. The van der Waals surface area contributed by atoms with Crippen molar-refractivity contribution in [2.45, 2.75) is 25.8 Å². The first-order valence-corrected chi connectivity index (χ1v) is 11.0. The van der Waals surface area contributed by atoms with Crippen LogP contribution in [-0.2, 0) is 17.8 Å². The summed E-state index contributed by atoms with van der Waals surface area (Å²) >= 11 is 0. The third kappa shape index (κ3) is 4.71. The molecular weight excluding hydrogens is 378 g/mol. The van der Waals surface area contributed by atoms with Crippen LogP contribution in [0.25, 0.3) is 0 Å². The van der Waals surface area contributed by atoms with E-state index >= 15 is 0 Å². The average Bonchev–Trinajstić information content (AvgIpc) is 2.82. The Bertz CT molecular complexity index is 825. The van der Waals surface area contributed by atoms with Crippen LogP contribution in [0, 0.1) is 0 Å². The highest BCUT2D eigenvalue weighted by Gasteiger charge is 2.25. The number of carbonyl (C=O) groups is 1. The van der Waals surface area contributed by atoms with Crippen molar-refractivity contribution in [2.75, 3.05) is 60.0 Å². The van der Waals surface area contributed by atoms with E-state index in [-0.39, 0.29) is 5.91 Å². The molecule has 0 radical (unpaired) electrons. The van der Waals surface area contributed by atoms with Gasteiger partial charge in [0.15, 0.2) is 11.5 Å². The summed E-state index contributed by atoms with van der Waals surface area (Å²) in [5.41, 5.74) is 3.66. The maximum Gasteiger partial charge on any atom is 0.249 e. The number of rotatable bonds is 6. The van der Waals surface area contributed by atoms with Gasteiger partial charge in [0, 0.05) is 57.9 Å². The van der Waals surface area contributed by atoms with E-state index in [1.807, 2.05) is 17.1 Å². The molecular formula is C24H33N3O3. The Morgan fingerprint density at radius 2 is 1.60 bits per heavy atom. The Labute approximate surface area is 179 Å². The minimum Gasteiger partial charge on any atom is -0.493 e. The number of methoxy groups -OCH3 is 2. The monoisotopic (exact) mass is 411 g/mol. The standard InChI is InChI=1S/C24H33N3O3/c1-29-22-16-20-8-9-26(18-21(20)17-23(22)30-2)11-10-25-12-14-27(15-13-25)24(28)19-6-4-3-5-7-19/h3-4,6,16-17H,5,7-15,18H2,1-2H3. The van der Waals surface area contributed by atoms with Crippen molar-refractivity contribution < 1.29 is 14.3 Å². The summed E-state index contributed by atoms with van der Waals surface area (Å²) in [6.07, 6.45) is 9.02. The van der Waals surface area contributed by atoms with Crippen molar-refractivity contribution in [3.8, 4) is 11.5 Å². The molecule has 0 N–H and O–H groups in total. The minimum absolute atomic E-state index is 0.232. The lowest BCUT2D eigenvalue weighted by atomic mass is 9.99. The fourth-order valence-corrected chi connectivity index (χ4v) is 4.57. The molecule has 1 aliphatic carbocycles.